The third-order valence-electron chi connectivity index (χ3n) is 0.960. The molecule has 0 aliphatic carbocycles. The summed E-state index contributed by atoms with van der Waals surface area (Å²) >= 11 is 0. The molecule has 56 valence electrons. The maximum absolute atomic E-state index is 8.36. The van der Waals surface area contributed by atoms with Gasteiger partial charge in [-0.05, 0) is 12.8 Å². The van der Waals surface area contributed by atoms with E-state index in [2.05, 4.69) is 17.8 Å². The molecule has 0 rings (SSSR count). The predicted octanol–water partition coefficient (Wildman–Crippen LogP) is -0.127. The van der Waals surface area contributed by atoms with Gasteiger partial charge in [-0.1, -0.05) is 6.92 Å². The van der Waals surface area contributed by atoms with Gasteiger partial charge in [-0.3, -0.25) is 10.9 Å². The van der Waals surface area contributed by atoms with Crippen LogP contribution in [0.4, 0.5) is 0 Å². The SMILES string of the molecule is CCCNNCCCO. The summed E-state index contributed by atoms with van der Waals surface area (Å²) in [5.74, 6) is 0. The van der Waals surface area contributed by atoms with E-state index in [0.717, 1.165) is 25.9 Å². The Morgan fingerprint density at radius 2 is 1.89 bits per heavy atom. The molecule has 0 aliphatic rings. The second kappa shape index (κ2) is 7.88. The van der Waals surface area contributed by atoms with E-state index in [1.54, 1.807) is 0 Å². The van der Waals surface area contributed by atoms with Crippen LogP contribution in [-0.2, 0) is 0 Å². The van der Waals surface area contributed by atoms with Crippen molar-refractivity contribution in [2.75, 3.05) is 19.7 Å². The first-order chi connectivity index (χ1) is 4.41. The van der Waals surface area contributed by atoms with Gasteiger partial charge in [0.1, 0.15) is 0 Å². The van der Waals surface area contributed by atoms with Crippen LogP contribution in [-0.4, -0.2) is 24.8 Å². The van der Waals surface area contributed by atoms with Gasteiger partial charge in [0.15, 0.2) is 0 Å². The first kappa shape index (κ1) is 8.88. The Morgan fingerprint density at radius 1 is 1.22 bits per heavy atom. The molecule has 0 fully saturated rings. The summed E-state index contributed by atoms with van der Waals surface area (Å²) in [6.45, 7) is 4.21. The smallest absolute Gasteiger partial charge is 0.0443 e. The first-order valence-electron chi connectivity index (χ1n) is 3.48. The van der Waals surface area contributed by atoms with Crippen molar-refractivity contribution in [2.45, 2.75) is 19.8 Å². The van der Waals surface area contributed by atoms with Crippen LogP contribution >= 0.6 is 0 Å². The van der Waals surface area contributed by atoms with E-state index in [0.29, 0.717) is 0 Å². The molecule has 0 aromatic rings. The Labute approximate surface area is 56.4 Å². The molecule has 0 aromatic carbocycles. The van der Waals surface area contributed by atoms with E-state index in [-0.39, 0.29) is 6.61 Å². The highest BCUT2D eigenvalue weighted by molar-refractivity contribution is 4.39. The maximum Gasteiger partial charge on any atom is 0.0443 e. The molecule has 0 amide bonds. The minimum atomic E-state index is 0.265. The van der Waals surface area contributed by atoms with Crippen molar-refractivity contribution >= 4 is 0 Å². The minimum Gasteiger partial charge on any atom is -0.396 e. The molecule has 0 unspecified atom stereocenters. The van der Waals surface area contributed by atoms with Crippen LogP contribution in [0.1, 0.15) is 19.8 Å². The fourth-order valence-electron chi connectivity index (χ4n) is 0.469. The Hall–Kier alpha value is -0.120. The molecule has 3 nitrogen and oxygen atoms in total. The van der Waals surface area contributed by atoms with E-state index >= 15 is 0 Å². The number of hydrazine groups is 1. The highest BCUT2D eigenvalue weighted by atomic mass is 16.3. The lowest BCUT2D eigenvalue weighted by molar-refractivity contribution is 0.282. The van der Waals surface area contributed by atoms with E-state index in [4.69, 9.17) is 5.11 Å². The number of hydrogen-bond donors (Lipinski definition) is 3. The zero-order chi connectivity index (χ0) is 6.95. The van der Waals surface area contributed by atoms with Crippen molar-refractivity contribution in [2.24, 2.45) is 0 Å². The molecule has 3 heteroatoms. The lowest BCUT2D eigenvalue weighted by Crippen LogP contribution is -2.33. The molecule has 3 N–H and O–H groups in total. The number of nitrogens with one attached hydrogen (secondary N) is 2. The molecule has 9 heavy (non-hydrogen) atoms. The predicted molar refractivity (Wildman–Crippen MR) is 38.0 cm³/mol. The van der Waals surface area contributed by atoms with Crippen molar-refractivity contribution in [1.29, 1.82) is 0 Å². The van der Waals surface area contributed by atoms with Crippen LogP contribution in [0.5, 0.6) is 0 Å². The topological polar surface area (TPSA) is 44.3 Å². The third-order valence-corrected chi connectivity index (χ3v) is 0.960. The second-order valence-electron chi connectivity index (χ2n) is 1.93. The Morgan fingerprint density at radius 3 is 2.44 bits per heavy atom. The maximum atomic E-state index is 8.36. The largest absolute Gasteiger partial charge is 0.396 e. The van der Waals surface area contributed by atoms with Crippen molar-refractivity contribution < 1.29 is 5.11 Å². The normalized spacial score (nSPS) is 10.0. The Bertz CT molecular complexity index is 44.3. The molecule has 0 saturated heterocycles. The van der Waals surface area contributed by atoms with Crippen LogP contribution in [0.2, 0.25) is 0 Å². The van der Waals surface area contributed by atoms with Gasteiger partial charge in [0, 0.05) is 19.7 Å². The molecule has 0 saturated carbocycles. The number of aliphatic hydroxyl groups excluding tert-OH is 1. The van der Waals surface area contributed by atoms with Gasteiger partial charge < -0.3 is 5.11 Å². The van der Waals surface area contributed by atoms with Gasteiger partial charge in [-0.15, -0.1) is 0 Å². The number of rotatable bonds is 6. The molecule has 0 aromatic heterocycles. The van der Waals surface area contributed by atoms with Crippen molar-refractivity contribution in [1.82, 2.24) is 10.9 Å². The second-order valence-corrected chi connectivity index (χ2v) is 1.93. The van der Waals surface area contributed by atoms with Crippen LogP contribution in [0.3, 0.4) is 0 Å². The highest BCUT2D eigenvalue weighted by Gasteiger charge is 1.82. The lowest BCUT2D eigenvalue weighted by atomic mass is 10.5. The van der Waals surface area contributed by atoms with E-state index < -0.39 is 0 Å². The quantitative estimate of drug-likeness (QED) is 0.348. The van der Waals surface area contributed by atoms with Gasteiger partial charge in [0.2, 0.25) is 0 Å². The fraction of sp³-hybridized carbons (Fsp3) is 1.00. The fourth-order valence-corrected chi connectivity index (χ4v) is 0.469. The van der Waals surface area contributed by atoms with Crippen LogP contribution in [0.15, 0.2) is 0 Å². The van der Waals surface area contributed by atoms with Crippen LogP contribution in [0.25, 0.3) is 0 Å². The summed E-state index contributed by atoms with van der Waals surface area (Å²) in [6.07, 6.45) is 1.95. The average Bonchev–Trinajstić information content (AvgIpc) is 1.89. The lowest BCUT2D eigenvalue weighted by Gasteiger charge is -2.02. The van der Waals surface area contributed by atoms with Gasteiger partial charge in [-0.25, -0.2) is 0 Å². The molecule has 0 bridgehead atoms. The standard InChI is InChI=1S/C6H16N2O/c1-2-4-7-8-5-3-6-9/h7-9H,2-6H2,1H3. The number of hydrogen-bond acceptors (Lipinski definition) is 3. The Balaban J connectivity index is 2.60. The molecule has 0 aliphatic heterocycles. The monoisotopic (exact) mass is 132 g/mol. The van der Waals surface area contributed by atoms with E-state index in [1.807, 2.05) is 0 Å². The van der Waals surface area contributed by atoms with Crippen molar-refractivity contribution in [3.05, 3.63) is 0 Å². The molecular formula is C6H16N2O. The van der Waals surface area contributed by atoms with E-state index in [9.17, 15) is 0 Å². The van der Waals surface area contributed by atoms with Crippen LogP contribution in [0, 0.1) is 0 Å². The summed E-state index contributed by atoms with van der Waals surface area (Å²) in [5.41, 5.74) is 5.99. The van der Waals surface area contributed by atoms with Gasteiger partial charge in [0.05, 0.1) is 0 Å². The molecule has 0 radical (unpaired) electrons. The Kier molecular flexibility index (Phi) is 7.77. The molecule has 0 heterocycles. The van der Waals surface area contributed by atoms with Crippen molar-refractivity contribution in [3.8, 4) is 0 Å². The summed E-state index contributed by atoms with van der Waals surface area (Å²) in [7, 11) is 0. The summed E-state index contributed by atoms with van der Waals surface area (Å²) in [6, 6.07) is 0. The van der Waals surface area contributed by atoms with Crippen LogP contribution < -0.4 is 10.9 Å². The van der Waals surface area contributed by atoms with Gasteiger partial charge in [-0.2, -0.15) is 0 Å². The zero-order valence-electron chi connectivity index (χ0n) is 5.98. The number of aliphatic hydroxyl groups is 1. The highest BCUT2D eigenvalue weighted by Crippen LogP contribution is 1.69. The summed E-state index contributed by atoms with van der Waals surface area (Å²) in [4.78, 5) is 0. The third kappa shape index (κ3) is 7.88. The van der Waals surface area contributed by atoms with Crippen molar-refractivity contribution in [3.63, 3.8) is 0 Å². The van der Waals surface area contributed by atoms with E-state index in [1.165, 1.54) is 0 Å². The minimum absolute atomic E-state index is 0.265. The van der Waals surface area contributed by atoms with Gasteiger partial charge in [0.25, 0.3) is 0 Å². The molecule has 0 atom stereocenters. The first-order valence-corrected chi connectivity index (χ1v) is 3.48. The summed E-state index contributed by atoms with van der Waals surface area (Å²) in [5, 5.41) is 8.36. The molecular weight excluding hydrogens is 116 g/mol. The average molecular weight is 132 g/mol. The zero-order valence-corrected chi connectivity index (χ0v) is 5.98. The summed E-state index contributed by atoms with van der Waals surface area (Å²) < 4.78 is 0. The molecule has 0 spiro atoms. The van der Waals surface area contributed by atoms with Gasteiger partial charge >= 0.3 is 0 Å².